The van der Waals surface area contributed by atoms with Gasteiger partial charge in [0.1, 0.15) is 5.82 Å². The molecule has 2 amide bonds. The maximum Gasteiger partial charge on any atom is 0.299 e. The lowest BCUT2D eigenvalue weighted by Gasteiger charge is -2.16. The van der Waals surface area contributed by atoms with Crippen LogP contribution in [-0.2, 0) is 9.59 Å². The van der Waals surface area contributed by atoms with Crippen molar-refractivity contribution in [2.24, 2.45) is 0 Å². The zero-order valence-electron chi connectivity index (χ0n) is 10.7. The van der Waals surface area contributed by atoms with Gasteiger partial charge in [0.05, 0.1) is 11.3 Å². The van der Waals surface area contributed by atoms with E-state index in [1.54, 1.807) is 6.92 Å². The van der Waals surface area contributed by atoms with E-state index in [1.807, 2.05) is 0 Å². The molecule has 1 aromatic carbocycles. The van der Waals surface area contributed by atoms with E-state index < -0.39 is 23.3 Å². The number of amides is 2. The van der Waals surface area contributed by atoms with Crippen LogP contribution >= 0.6 is 0 Å². The van der Waals surface area contributed by atoms with E-state index in [2.05, 4.69) is 5.32 Å². The molecule has 1 N–H and O–H groups in total. The molecule has 0 aromatic heterocycles. The zero-order chi connectivity index (χ0) is 14.9. The first kappa shape index (κ1) is 14.1. The van der Waals surface area contributed by atoms with Crippen LogP contribution in [0.5, 0.6) is 0 Å². The zero-order valence-corrected chi connectivity index (χ0v) is 10.7. The Hall–Kier alpha value is -2.31. The van der Waals surface area contributed by atoms with Gasteiger partial charge >= 0.3 is 0 Å². The first-order valence-corrected chi connectivity index (χ1v) is 6.07. The molecule has 0 spiro atoms. The highest BCUT2D eigenvalue weighted by Gasteiger charge is 2.38. The minimum Gasteiger partial charge on any atom is -0.356 e. The summed E-state index contributed by atoms with van der Waals surface area (Å²) in [5.41, 5.74) is -0.561. The molecule has 106 valence electrons. The number of halogens is 2. The van der Waals surface area contributed by atoms with E-state index in [-0.39, 0.29) is 30.1 Å². The molecule has 1 aliphatic rings. The molecule has 0 unspecified atom stereocenters. The highest BCUT2D eigenvalue weighted by atomic mass is 19.1. The number of hydrogen-bond acceptors (Lipinski definition) is 3. The molecule has 1 aliphatic heterocycles. The summed E-state index contributed by atoms with van der Waals surface area (Å²) >= 11 is 0. The summed E-state index contributed by atoms with van der Waals surface area (Å²) in [5.74, 6) is -4.14. The van der Waals surface area contributed by atoms with Crippen LogP contribution in [0.1, 0.15) is 23.7 Å². The molecule has 0 fully saturated rings. The number of nitrogens with one attached hydrogen (secondary N) is 1. The van der Waals surface area contributed by atoms with Gasteiger partial charge in [-0.2, -0.15) is 0 Å². The molecule has 0 atom stereocenters. The van der Waals surface area contributed by atoms with Crippen LogP contribution in [0, 0.1) is 11.6 Å². The Bertz CT molecular complexity index is 602. The van der Waals surface area contributed by atoms with Crippen LogP contribution < -0.4 is 10.2 Å². The Morgan fingerprint density at radius 1 is 1.30 bits per heavy atom. The summed E-state index contributed by atoms with van der Waals surface area (Å²) in [6.07, 6.45) is -0.0664. The Kier molecular flexibility index (Phi) is 3.78. The summed E-state index contributed by atoms with van der Waals surface area (Å²) in [4.78, 5) is 35.6. The third-order valence-electron chi connectivity index (χ3n) is 2.92. The highest BCUT2D eigenvalue weighted by Crippen LogP contribution is 2.32. The largest absolute Gasteiger partial charge is 0.356 e. The molecule has 7 heteroatoms. The van der Waals surface area contributed by atoms with Crippen LogP contribution in [0.25, 0.3) is 0 Å². The predicted octanol–water partition coefficient (Wildman–Crippen LogP) is 1.02. The first-order valence-electron chi connectivity index (χ1n) is 6.07. The lowest BCUT2D eigenvalue weighted by Crippen LogP contribution is -2.34. The predicted molar refractivity (Wildman–Crippen MR) is 66.3 cm³/mol. The fourth-order valence-electron chi connectivity index (χ4n) is 2.06. The van der Waals surface area contributed by atoms with E-state index in [9.17, 15) is 23.2 Å². The quantitative estimate of drug-likeness (QED) is 0.838. The normalized spacial score (nSPS) is 13.7. The first-order chi connectivity index (χ1) is 9.45. The standard InChI is InChI=1S/C13H12F2N2O3/c1-2-16-10(18)3-4-17-11-8(12(19)13(17)20)5-7(14)6-9(11)15/h5-6H,2-4H2,1H3,(H,16,18). The average molecular weight is 282 g/mol. The lowest BCUT2D eigenvalue weighted by atomic mass is 10.1. The third-order valence-corrected chi connectivity index (χ3v) is 2.92. The van der Waals surface area contributed by atoms with Crippen LogP contribution in [-0.4, -0.2) is 30.7 Å². The topological polar surface area (TPSA) is 66.5 Å². The van der Waals surface area contributed by atoms with Crippen molar-refractivity contribution >= 4 is 23.3 Å². The van der Waals surface area contributed by atoms with Gasteiger partial charge in [-0.05, 0) is 13.0 Å². The van der Waals surface area contributed by atoms with Crippen molar-refractivity contribution in [2.75, 3.05) is 18.0 Å². The van der Waals surface area contributed by atoms with E-state index in [0.717, 1.165) is 11.0 Å². The van der Waals surface area contributed by atoms with Gasteiger partial charge in [-0.1, -0.05) is 0 Å². The Morgan fingerprint density at radius 2 is 2.00 bits per heavy atom. The molecular weight excluding hydrogens is 270 g/mol. The second kappa shape index (κ2) is 5.36. The monoisotopic (exact) mass is 282 g/mol. The van der Waals surface area contributed by atoms with Crippen molar-refractivity contribution in [3.8, 4) is 0 Å². The van der Waals surface area contributed by atoms with Crippen LogP contribution in [0.4, 0.5) is 14.5 Å². The number of rotatable bonds is 4. The van der Waals surface area contributed by atoms with Crippen molar-refractivity contribution in [2.45, 2.75) is 13.3 Å². The van der Waals surface area contributed by atoms with Crippen molar-refractivity contribution < 1.29 is 23.2 Å². The Balaban J connectivity index is 2.27. The summed E-state index contributed by atoms with van der Waals surface area (Å²) in [5, 5.41) is 2.53. The molecule has 5 nitrogen and oxygen atoms in total. The number of fused-ring (bicyclic) bond motifs is 1. The minimum atomic E-state index is -0.991. The summed E-state index contributed by atoms with van der Waals surface area (Å²) in [6.45, 7) is 2.04. The minimum absolute atomic E-state index is 0.0664. The maximum atomic E-state index is 13.7. The fourth-order valence-corrected chi connectivity index (χ4v) is 2.06. The van der Waals surface area contributed by atoms with E-state index in [4.69, 9.17) is 0 Å². The second-order valence-corrected chi connectivity index (χ2v) is 4.27. The molecule has 0 aliphatic carbocycles. The Labute approximate surface area is 113 Å². The number of anilines is 1. The van der Waals surface area contributed by atoms with Crippen molar-refractivity contribution in [1.82, 2.24) is 5.32 Å². The molecule has 1 heterocycles. The van der Waals surface area contributed by atoms with Crippen LogP contribution in [0.3, 0.4) is 0 Å². The summed E-state index contributed by atoms with van der Waals surface area (Å²) < 4.78 is 26.8. The number of Topliss-reactive ketones (excluding diaryl/α,β-unsaturated/α-hetero) is 1. The van der Waals surface area contributed by atoms with Gasteiger partial charge in [-0.3, -0.25) is 14.4 Å². The van der Waals surface area contributed by atoms with Crippen molar-refractivity contribution in [3.63, 3.8) is 0 Å². The summed E-state index contributed by atoms with van der Waals surface area (Å²) in [7, 11) is 0. The van der Waals surface area contributed by atoms with Gasteiger partial charge in [-0.15, -0.1) is 0 Å². The average Bonchev–Trinajstić information content (AvgIpc) is 2.61. The number of ketones is 1. The second-order valence-electron chi connectivity index (χ2n) is 4.27. The van der Waals surface area contributed by atoms with Gasteiger partial charge in [-0.25, -0.2) is 8.78 Å². The van der Waals surface area contributed by atoms with Crippen LogP contribution in [0.2, 0.25) is 0 Å². The lowest BCUT2D eigenvalue weighted by molar-refractivity contribution is -0.120. The molecule has 0 saturated carbocycles. The van der Waals surface area contributed by atoms with Gasteiger partial charge in [0.2, 0.25) is 5.91 Å². The van der Waals surface area contributed by atoms with Gasteiger partial charge in [0.15, 0.2) is 5.82 Å². The van der Waals surface area contributed by atoms with E-state index >= 15 is 0 Å². The third kappa shape index (κ3) is 2.38. The number of carbonyl (C=O) groups excluding carboxylic acids is 3. The molecule has 1 aromatic rings. The number of carbonyl (C=O) groups is 3. The number of nitrogens with zero attached hydrogens (tertiary/aromatic N) is 1. The summed E-state index contributed by atoms with van der Waals surface area (Å²) in [6, 6.07) is 1.43. The smallest absolute Gasteiger partial charge is 0.299 e. The Morgan fingerprint density at radius 3 is 2.65 bits per heavy atom. The molecule has 0 saturated heterocycles. The molecule has 2 rings (SSSR count). The highest BCUT2D eigenvalue weighted by molar-refractivity contribution is 6.52. The molecule has 20 heavy (non-hydrogen) atoms. The van der Waals surface area contributed by atoms with Gasteiger partial charge < -0.3 is 10.2 Å². The van der Waals surface area contributed by atoms with Crippen LogP contribution in [0.15, 0.2) is 12.1 Å². The molecule has 0 radical (unpaired) electrons. The van der Waals surface area contributed by atoms with Gasteiger partial charge in [0, 0.05) is 25.6 Å². The molecule has 0 bridgehead atoms. The van der Waals surface area contributed by atoms with E-state index in [0.29, 0.717) is 12.6 Å². The SMILES string of the molecule is CCNC(=O)CCN1C(=O)C(=O)c2cc(F)cc(F)c21. The van der Waals surface area contributed by atoms with E-state index in [1.165, 1.54) is 0 Å². The molecular formula is C13H12F2N2O3. The van der Waals surface area contributed by atoms with Crippen molar-refractivity contribution in [1.29, 1.82) is 0 Å². The fraction of sp³-hybridized carbons (Fsp3) is 0.308. The number of benzene rings is 1. The van der Waals surface area contributed by atoms with Crippen molar-refractivity contribution in [3.05, 3.63) is 29.3 Å². The maximum absolute atomic E-state index is 13.7. The van der Waals surface area contributed by atoms with Gasteiger partial charge in [0.25, 0.3) is 11.7 Å². The number of hydrogen-bond donors (Lipinski definition) is 1.